The summed E-state index contributed by atoms with van der Waals surface area (Å²) in [6, 6.07) is 0.249. The lowest BCUT2D eigenvalue weighted by molar-refractivity contribution is 0.403. The van der Waals surface area contributed by atoms with Gasteiger partial charge in [-0.3, -0.25) is 4.68 Å². The van der Waals surface area contributed by atoms with Crippen LogP contribution in [-0.4, -0.2) is 20.8 Å². The van der Waals surface area contributed by atoms with Gasteiger partial charge < -0.3 is 5.73 Å². The Kier molecular flexibility index (Phi) is 3.59. The number of hydrogen-bond acceptors (Lipinski definition) is 3. The third-order valence-electron chi connectivity index (χ3n) is 3.75. The lowest BCUT2D eigenvalue weighted by Gasteiger charge is -2.18. The summed E-state index contributed by atoms with van der Waals surface area (Å²) < 4.78 is 1.94. The van der Waals surface area contributed by atoms with Gasteiger partial charge >= 0.3 is 0 Å². The highest BCUT2D eigenvalue weighted by molar-refractivity contribution is 4.92. The molecule has 0 bridgehead atoms. The first-order valence-electron chi connectivity index (χ1n) is 6.33. The van der Waals surface area contributed by atoms with E-state index < -0.39 is 0 Å². The number of hydrogen-bond donors (Lipinski definition) is 1. The van der Waals surface area contributed by atoms with Gasteiger partial charge in [0.05, 0.1) is 0 Å². The standard InChI is InChI=1S/C12H22N4/c1-3-16-12(14-8-15-16)7-11(13)10-5-4-9(2)6-10/h8-11H,3-7,13H2,1-2H3. The SMILES string of the molecule is CCn1ncnc1CC(N)C1CCC(C)C1. The molecule has 0 spiro atoms. The number of rotatable bonds is 4. The first-order chi connectivity index (χ1) is 7.70. The van der Waals surface area contributed by atoms with Crippen LogP contribution >= 0.6 is 0 Å². The summed E-state index contributed by atoms with van der Waals surface area (Å²) in [6.45, 7) is 5.28. The number of aromatic nitrogens is 3. The predicted molar refractivity (Wildman–Crippen MR) is 63.9 cm³/mol. The summed E-state index contributed by atoms with van der Waals surface area (Å²) in [5.74, 6) is 2.56. The largest absolute Gasteiger partial charge is 0.327 e. The molecule has 4 nitrogen and oxygen atoms in total. The molecule has 1 aromatic heterocycles. The van der Waals surface area contributed by atoms with Gasteiger partial charge in [0.1, 0.15) is 12.2 Å². The van der Waals surface area contributed by atoms with Gasteiger partial charge in [-0.15, -0.1) is 0 Å². The van der Waals surface area contributed by atoms with Crippen molar-refractivity contribution in [1.82, 2.24) is 14.8 Å². The number of aryl methyl sites for hydroxylation is 1. The molecule has 1 saturated carbocycles. The van der Waals surface area contributed by atoms with Gasteiger partial charge in [-0.2, -0.15) is 5.10 Å². The molecule has 3 unspecified atom stereocenters. The van der Waals surface area contributed by atoms with E-state index in [1.807, 2.05) is 4.68 Å². The molecule has 90 valence electrons. The smallest absolute Gasteiger partial charge is 0.138 e. The van der Waals surface area contributed by atoms with Crippen molar-refractivity contribution in [1.29, 1.82) is 0 Å². The molecule has 0 radical (unpaired) electrons. The third-order valence-corrected chi connectivity index (χ3v) is 3.75. The van der Waals surface area contributed by atoms with E-state index in [0.717, 1.165) is 24.7 Å². The van der Waals surface area contributed by atoms with Crippen molar-refractivity contribution in [2.75, 3.05) is 0 Å². The molecule has 16 heavy (non-hydrogen) atoms. The summed E-state index contributed by atoms with van der Waals surface area (Å²) in [5.41, 5.74) is 6.27. The average molecular weight is 222 g/mol. The van der Waals surface area contributed by atoms with Gasteiger partial charge in [-0.1, -0.05) is 13.3 Å². The molecule has 0 saturated heterocycles. The molecule has 1 heterocycles. The minimum Gasteiger partial charge on any atom is -0.327 e. The van der Waals surface area contributed by atoms with Crippen LogP contribution in [0.5, 0.6) is 0 Å². The molecule has 1 aromatic rings. The van der Waals surface area contributed by atoms with Crippen molar-refractivity contribution in [3.63, 3.8) is 0 Å². The summed E-state index contributed by atoms with van der Waals surface area (Å²) in [5, 5.41) is 4.18. The van der Waals surface area contributed by atoms with E-state index in [2.05, 4.69) is 23.9 Å². The highest BCUT2D eigenvalue weighted by atomic mass is 15.3. The number of nitrogens with zero attached hydrogens (tertiary/aromatic N) is 3. The Balaban J connectivity index is 1.94. The molecule has 2 N–H and O–H groups in total. The second-order valence-corrected chi connectivity index (χ2v) is 5.04. The zero-order chi connectivity index (χ0) is 11.5. The minimum absolute atomic E-state index is 0.249. The second-order valence-electron chi connectivity index (χ2n) is 5.04. The Labute approximate surface area is 97.2 Å². The normalized spacial score (nSPS) is 27.2. The van der Waals surface area contributed by atoms with Crippen LogP contribution in [0, 0.1) is 11.8 Å². The highest BCUT2D eigenvalue weighted by Crippen LogP contribution is 2.32. The maximum atomic E-state index is 6.27. The molecule has 1 fully saturated rings. The second kappa shape index (κ2) is 4.95. The molecule has 0 aliphatic heterocycles. The number of nitrogens with two attached hydrogens (primary N) is 1. The Morgan fingerprint density at radius 3 is 3.00 bits per heavy atom. The molecule has 0 aromatic carbocycles. The van der Waals surface area contributed by atoms with Gasteiger partial charge in [0.15, 0.2) is 0 Å². The van der Waals surface area contributed by atoms with E-state index in [9.17, 15) is 0 Å². The first kappa shape index (κ1) is 11.6. The summed E-state index contributed by atoms with van der Waals surface area (Å²) in [7, 11) is 0. The predicted octanol–water partition coefficient (Wildman–Crippen LogP) is 1.60. The van der Waals surface area contributed by atoms with Crippen LogP contribution < -0.4 is 5.73 Å². The van der Waals surface area contributed by atoms with Gasteiger partial charge in [0.25, 0.3) is 0 Å². The van der Waals surface area contributed by atoms with Crippen molar-refractivity contribution < 1.29 is 0 Å². The van der Waals surface area contributed by atoms with Crippen LogP contribution in [0.25, 0.3) is 0 Å². The summed E-state index contributed by atoms with van der Waals surface area (Å²) in [6.07, 6.45) is 6.39. The van der Waals surface area contributed by atoms with Crippen LogP contribution in [0.4, 0.5) is 0 Å². The Hall–Kier alpha value is -0.900. The summed E-state index contributed by atoms with van der Waals surface area (Å²) in [4.78, 5) is 4.29. The van der Waals surface area contributed by atoms with Gasteiger partial charge in [0, 0.05) is 19.0 Å². The fraction of sp³-hybridized carbons (Fsp3) is 0.833. The fourth-order valence-electron chi connectivity index (χ4n) is 2.73. The van der Waals surface area contributed by atoms with Crippen LogP contribution in [0.15, 0.2) is 6.33 Å². The van der Waals surface area contributed by atoms with Crippen LogP contribution in [0.3, 0.4) is 0 Å². The molecule has 3 atom stereocenters. The van der Waals surface area contributed by atoms with Crippen LogP contribution in [0.2, 0.25) is 0 Å². The molecule has 2 rings (SSSR count). The topological polar surface area (TPSA) is 56.7 Å². The quantitative estimate of drug-likeness (QED) is 0.842. The average Bonchev–Trinajstić information content (AvgIpc) is 2.86. The lowest BCUT2D eigenvalue weighted by Crippen LogP contribution is -2.32. The van der Waals surface area contributed by atoms with Gasteiger partial charge in [0.2, 0.25) is 0 Å². The van der Waals surface area contributed by atoms with E-state index >= 15 is 0 Å². The molecule has 4 heteroatoms. The van der Waals surface area contributed by atoms with E-state index in [1.54, 1.807) is 6.33 Å². The van der Waals surface area contributed by atoms with Gasteiger partial charge in [-0.05, 0) is 31.6 Å². The highest BCUT2D eigenvalue weighted by Gasteiger charge is 2.27. The van der Waals surface area contributed by atoms with E-state index in [4.69, 9.17) is 5.73 Å². The summed E-state index contributed by atoms with van der Waals surface area (Å²) >= 11 is 0. The molecular formula is C12H22N4. The maximum absolute atomic E-state index is 6.27. The first-order valence-corrected chi connectivity index (χ1v) is 6.33. The molecule has 0 amide bonds. The van der Waals surface area contributed by atoms with Gasteiger partial charge in [-0.25, -0.2) is 4.98 Å². The monoisotopic (exact) mass is 222 g/mol. The lowest BCUT2D eigenvalue weighted by atomic mass is 9.95. The van der Waals surface area contributed by atoms with E-state index in [0.29, 0.717) is 5.92 Å². The zero-order valence-electron chi connectivity index (χ0n) is 10.3. The van der Waals surface area contributed by atoms with E-state index in [-0.39, 0.29) is 6.04 Å². The van der Waals surface area contributed by atoms with Crippen molar-refractivity contribution in [3.05, 3.63) is 12.2 Å². The van der Waals surface area contributed by atoms with Crippen molar-refractivity contribution in [3.8, 4) is 0 Å². The van der Waals surface area contributed by atoms with E-state index in [1.165, 1.54) is 19.3 Å². The fourth-order valence-corrected chi connectivity index (χ4v) is 2.73. The Morgan fingerprint density at radius 1 is 1.56 bits per heavy atom. The van der Waals surface area contributed by atoms with Crippen molar-refractivity contribution in [2.24, 2.45) is 17.6 Å². The zero-order valence-corrected chi connectivity index (χ0v) is 10.3. The molecule has 1 aliphatic rings. The maximum Gasteiger partial charge on any atom is 0.138 e. The third kappa shape index (κ3) is 2.43. The van der Waals surface area contributed by atoms with Crippen molar-refractivity contribution >= 4 is 0 Å². The van der Waals surface area contributed by atoms with Crippen LogP contribution in [-0.2, 0) is 13.0 Å². The minimum atomic E-state index is 0.249. The van der Waals surface area contributed by atoms with Crippen LogP contribution in [0.1, 0.15) is 38.9 Å². The Bertz CT molecular complexity index is 334. The molecule has 1 aliphatic carbocycles. The van der Waals surface area contributed by atoms with Crippen molar-refractivity contribution in [2.45, 2.75) is 52.1 Å². The molecular weight excluding hydrogens is 200 g/mol. The Morgan fingerprint density at radius 2 is 2.38 bits per heavy atom.